The lowest BCUT2D eigenvalue weighted by molar-refractivity contribution is -0.136. The second kappa shape index (κ2) is 9.62. The van der Waals surface area contributed by atoms with Crippen molar-refractivity contribution in [1.29, 1.82) is 0 Å². The fourth-order valence-corrected chi connectivity index (χ4v) is 4.18. The van der Waals surface area contributed by atoms with E-state index in [0.29, 0.717) is 30.1 Å². The van der Waals surface area contributed by atoms with Crippen LogP contribution in [0.1, 0.15) is 51.4 Å². The summed E-state index contributed by atoms with van der Waals surface area (Å²) in [7, 11) is 0. The van der Waals surface area contributed by atoms with Gasteiger partial charge >= 0.3 is 0 Å². The molecular formula is C18H32ClN3O2. The number of likely N-dealkylation sites (tertiary alicyclic amines) is 2. The Hall–Kier alpha value is -0.810. The molecule has 0 radical (unpaired) electrons. The highest BCUT2D eigenvalue weighted by atomic mass is 35.5. The summed E-state index contributed by atoms with van der Waals surface area (Å²) in [5, 5.41) is 3.37. The summed E-state index contributed by atoms with van der Waals surface area (Å²) in [6.45, 7) is 5.81. The first-order chi connectivity index (χ1) is 11.2. The Morgan fingerprint density at radius 2 is 1.88 bits per heavy atom. The summed E-state index contributed by atoms with van der Waals surface area (Å²) >= 11 is 0. The number of halogens is 1. The van der Waals surface area contributed by atoms with Crippen LogP contribution in [0, 0.1) is 11.8 Å². The molecule has 3 heterocycles. The van der Waals surface area contributed by atoms with Gasteiger partial charge in [-0.2, -0.15) is 0 Å². The Balaban J connectivity index is 0.00000208. The fourth-order valence-electron chi connectivity index (χ4n) is 4.18. The maximum Gasteiger partial charge on any atom is 0.222 e. The van der Waals surface area contributed by atoms with Crippen LogP contribution in [0.25, 0.3) is 0 Å². The molecule has 1 atom stereocenters. The lowest BCUT2D eigenvalue weighted by Gasteiger charge is -2.36. The van der Waals surface area contributed by atoms with Crippen molar-refractivity contribution < 1.29 is 9.59 Å². The Kier molecular flexibility index (Phi) is 7.82. The number of amides is 2. The minimum Gasteiger partial charge on any atom is -0.343 e. The van der Waals surface area contributed by atoms with E-state index < -0.39 is 0 Å². The monoisotopic (exact) mass is 357 g/mol. The van der Waals surface area contributed by atoms with Gasteiger partial charge in [0.2, 0.25) is 11.8 Å². The molecule has 0 saturated carbocycles. The second-order valence-electron chi connectivity index (χ2n) is 7.52. The van der Waals surface area contributed by atoms with E-state index in [-0.39, 0.29) is 12.4 Å². The van der Waals surface area contributed by atoms with Crippen LogP contribution in [0.3, 0.4) is 0 Å². The summed E-state index contributed by atoms with van der Waals surface area (Å²) in [5.41, 5.74) is 0. The average Bonchev–Trinajstić information content (AvgIpc) is 3.09. The lowest BCUT2D eigenvalue weighted by atomic mass is 9.94. The second-order valence-corrected chi connectivity index (χ2v) is 7.52. The van der Waals surface area contributed by atoms with Crippen LogP contribution >= 0.6 is 12.4 Å². The fraction of sp³-hybridized carbons (Fsp3) is 0.889. The third kappa shape index (κ3) is 5.35. The number of piperidine rings is 2. The van der Waals surface area contributed by atoms with E-state index in [0.717, 1.165) is 77.8 Å². The zero-order valence-electron chi connectivity index (χ0n) is 14.7. The average molecular weight is 358 g/mol. The first-order valence-corrected chi connectivity index (χ1v) is 9.48. The molecule has 138 valence electrons. The molecule has 5 nitrogen and oxygen atoms in total. The number of carbonyl (C=O) groups excluding carboxylic acids is 2. The molecule has 0 aromatic rings. The number of nitrogens with zero attached hydrogens (tertiary/aromatic N) is 2. The number of hydrogen-bond acceptors (Lipinski definition) is 3. The van der Waals surface area contributed by atoms with Crippen molar-refractivity contribution in [3.63, 3.8) is 0 Å². The highest BCUT2D eigenvalue weighted by Crippen LogP contribution is 2.22. The molecule has 0 bridgehead atoms. The minimum atomic E-state index is 0. The molecule has 3 aliphatic heterocycles. The molecule has 6 heteroatoms. The maximum absolute atomic E-state index is 12.3. The van der Waals surface area contributed by atoms with Crippen LogP contribution in [-0.2, 0) is 9.59 Å². The molecule has 3 saturated heterocycles. The third-order valence-corrected chi connectivity index (χ3v) is 5.80. The molecule has 1 N–H and O–H groups in total. The van der Waals surface area contributed by atoms with Crippen LogP contribution in [-0.4, -0.2) is 60.9 Å². The molecule has 0 aromatic carbocycles. The lowest BCUT2D eigenvalue weighted by Crippen LogP contribution is -2.44. The highest BCUT2D eigenvalue weighted by Gasteiger charge is 2.27. The Morgan fingerprint density at radius 3 is 2.54 bits per heavy atom. The molecule has 3 aliphatic rings. The Morgan fingerprint density at radius 1 is 1.08 bits per heavy atom. The summed E-state index contributed by atoms with van der Waals surface area (Å²) in [4.78, 5) is 28.4. The Bertz CT molecular complexity index is 418. The molecule has 1 unspecified atom stereocenters. The van der Waals surface area contributed by atoms with Gasteiger partial charge in [0.1, 0.15) is 0 Å². The van der Waals surface area contributed by atoms with Crippen molar-refractivity contribution in [3.8, 4) is 0 Å². The normalized spacial score (nSPS) is 25.7. The van der Waals surface area contributed by atoms with Crippen LogP contribution in [0.4, 0.5) is 0 Å². The topological polar surface area (TPSA) is 52.7 Å². The van der Waals surface area contributed by atoms with Crippen molar-refractivity contribution in [2.24, 2.45) is 11.8 Å². The molecule has 3 fully saturated rings. The molecule has 2 amide bonds. The van der Waals surface area contributed by atoms with E-state index in [9.17, 15) is 9.59 Å². The van der Waals surface area contributed by atoms with Gasteiger partial charge in [-0.15, -0.1) is 12.4 Å². The number of rotatable bonds is 5. The first-order valence-electron chi connectivity index (χ1n) is 9.48. The van der Waals surface area contributed by atoms with Crippen molar-refractivity contribution >= 4 is 24.2 Å². The van der Waals surface area contributed by atoms with Crippen molar-refractivity contribution in [3.05, 3.63) is 0 Å². The van der Waals surface area contributed by atoms with Crippen LogP contribution in [0.15, 0.2) is 0 Å². The number of nitrogens with one attached hydrogen (secondary N) is 1. The first kappa shape index (κ1) is 19.5. The molecular weight excluding hydrogens is 326 g/mol. The van der Waals surface area contributed by atoms with E-state index in [4.69, 9.17) is 0 Å². The van der Waals surface area contributed by atoms with Crippen LogP contribution < -0.4 is 5.32 Å². The smallest absolute Gasteiger partial charge is 0.222 e. The van der Waals surface area contributed by atoms with E-state index in [1.807, 2.05) is 0 Å². The minimum absolute atomic E-state index is 0. The Labute approximate surface area is 151 Å². The van der Waals surface area contributed by atoms with E-state index in [2.05, 4.69) is 15.1 Å². The third-order valence-electron chi connectivity index (χ3n) is 5.80. The summed E-state index contributed by atoms with van der Waals surface area (Å²) < 4.78 is 0. The number of carbonyl (C=O) groups is 2. The van der Waals surface area contributed by atoms with Gasteiger partial charge in [-0.05, 0) is 63.5 Å². The number of hydrogen-bond donors (Lipinski definition) is 1. The van der Waals surface area contributed by atoms with Gasteiger partial charge in [0.05, 0.1) is 0 Å². The van der Waals surface area contributed by atoms with Gasteiger partial charge in [-0.1, -0.05) is 0 Å². The van der Waals surface area contributed by atoms with Gasteiger partial charge in [-0.3, -0.25) is 9.59 Å². The SMILES string of the molecule is Cl.O=C(CCC1CCNC1)N1CCC(CN2CCCCC2=O)CC1. The molecule has 0 aliphatic carbocycles. The summed E-state index contributed by atoms with van der Waals surface area (Å²) in [6, 6.07) is 0. The van der Waals surface area contributed by atoms with Gasteiger partial charge in [0, 0.05) is 39.0 Å². The largest absolute Gasteiger partial charge is 0.343 e. The van der Waals surface area contributed by atoms with Gasteiger partial charge in [0.15, 0.2) is 0 Å². The van der Waals surface area contributed by atoms with E-state index >= 15 is 0 Å². The van der Waals surface area contributed by atoms with Crippen LogP contribution in [0.5, 0.6) is 0 Å². The maximum atomic E-state index is 12.3. The standard InChI is InChI=1S/C18H31N3O2.ClH/c22-17-3-1-2-10-21(17)14-16-7-11-20(12-8-16)18(23)5-4-15-6-9-19-13-15;/h15-16,19H,1-14H2;1H. The van der Waals surface area contributed by atoms with Gasteiger partial charge in [0.25, 0.3) is 0 Å². The van der Waals surface area contributed by atoms with Gasteiger partial charge < -0.3 is 15.1 Å². The van der Waals surface area contributed by atoms with E-state index in [1.165, 1.54) is 6.42 Å². The molecule has 0 aromatic heterocycles. The quantitative estimate of drug-likeness (QED) is 0.819. The van der Waals surface area contributed by atoms with E-state index in [1.54, 1.807) is 0 Å². The molecule has 0 spiro atoms. The van der Waals surface area contributed by atoms with Gasteiger partial charge in [-0.25, -0.2) is 0 Å². The predicted molar refractivity (Wildman–Crippen MR) is 97.2 cm³/mol. The highest BCUT2D eigenvalue weighted by molar-refractivity contribution is 5.85. The predicted octanol–water partition coefficient (Wildman–Crippen LogP) is 2.05. The zero-order chi connectivity index (χ0) is 16.1. The van der Waals surface area contributed by atoms with Crippen molar-refractivity contribution in [2.75, 3.05) is 39.3 Å². The van der Waals surface area contributed by atoms with Crippen molar-refractivity contribution in [1.82, 2.24) is 15.1 Å². The molecule has 24 heavy (non-hydrogen) atoms. The van der Waals surface area contributed by atoms with Crippen molar-refractivity contribution in [2.45, 2.75) is 51.4 Å². The van der Waals surface area contributed by atoms with Crippen LogP contribution in [0.2, 0.25) is 0 Å². The zero-order valence-corrected chi connectivity index (χ0v) is 15.5. The summed E-state index contributed by atoms with van der Waals surface area (Å²) in [5.74, 6) is 1.95. The summed E-state index contributed by atoms with van der Waals surface area (Å²) in [6.07, 6.45) is 8.02. The molecule has 3 rings (SSSR count).